The van der Waals surface area contributed by atoms with Crippen LogP contribution in [0.15, 0.2) is 12.1 Å². The molecule has 14 heavy (non-hydrogen) atoms. The molecule has 76 valence electrons. The Hall–Kier alpha value is -1.05. The highest BCUT2D eigenvalue weighted by molar-refractivity contribution is 5.95. The summed E-state index contributed by atoms with van der Waals surface area (Å²) in [5, 5.41) is 0. The molecule has 1 aliphatic heterocycles. The molecule has 0 N–H and O–H groups in total. The van der Waals surface area contributed by atoms with Crippen molar-refractivity contribution in [1.29, 1.82) is 0 Å². The van der Waals surface area contributed by atoms with Gasteiger partial charge in [0.15, 0.2) is 12.3 Å². The minimum absolute atomic E-state index is 1.14. The minimum Gasteiger partial charge on any atom is -0.334 e. The fourth-order valence-corrected chi connectivity index (χ4v) is 2.25. The maximum absolute atomic E-state index is 2.44. The Morgan fingerprint density at radius 3 is 2.93 bits per heavy atom. The average molecular weight is 191 g/mol. The SMILES string of the molecule is CCCC1=[N+](C)CCn2c(C)ccc21. The Morgan fingerprint density at radius 1 is 1.43 bits per heavy atom. The molecule has 0 radical (unpaired) electrons. The van der Waals surface area contributed by atoms with Gasteiger partial charge < -0.3 is 4.57 Å². The van der Waals surface area contributed by atoms with E-state index in [0.717, 1.165) is 13.1 Å². The molecule has 0 aliphatic carbocycles. The normalized spacial score (nSPS) is 15.9. The van der Waals surface area contributed by atoms with Crippen LogP contribution in [-0.2, 0) is 6.54 Å². The zero-order valence-electron chi connectivity index (χ0n) is 9.38. The number of hydrogen-bond acceptors (Lipinski definition) is 0. The van der Waals surface area contributed by atoms with Crippen LogP contribution in [0.1, 0.15) is 31.2 Å². The summed E-state index contributed by atoms with van der Waals surface area (Å²) in [5.41, 5.74) is 4.33. The van der Waals surface area contributed by atoms with Crippen molar-refractivity contribution in [2.75, 3.05) is 13.6 Å². The van der Waals surface area contributed by atoms with E-state index >= 15 is 0 Å². The first-order chi connectivity index (χ1) is 6.74. The Balaban J connectivity index is 2.45. The van der Waals surface area contributed by atoms with Crippen LogP contribution in [0.3, 0.4) is 0 Å². The lowest BCUT2D eigenvalue weighted by atomic mass is 10.1. The topological polar surface area (TPSA) is 7.94 Å². The van der Waals surface area contributed by atoms with Crippen LogP contribution in [0.2, 0.25) is 0 Å². The molecule has 2 rings (SSSR count). The Morgan fingerprint density at radius 2 is 2.21 bits per heavy atom. The van der Waals surface area contributed by atoms with Crippen LogP contribution in [0, 0.1) is 6.92 Å². The molecule has 0 aromatic carbocycles. The zero-order valence-corrected chi connectivity index (χ0v) is 9.38. The third-order valence-electron chi connectivity index (χ3n) is 3.10. The first-order valence-electron chi connectivity index (χ1n) is 5.47. The van der Waals surface area contributed by atoms with Crippen LogP contribution in [0.5, 0.6) is 0 Å². The van der Waals surface area contributed by atoms with E-state index in [1.807, 2.05) is 0 Å². The van der Waals surface area contributed by atoms with Crippen molar-refractivity contribution < 1.29 is 4.58 Å². The van der Waals surface area contributed by atoms with Gasteiger partial charge in [0.05, 0.1) is 6.54 Å². The summed E-state index contributed by atoms with van der Waals surface area (Å²) in [7, 11) is 2.21. The van der Waals surface area contributed by atoms with E-state index < -0.39 is 0 Å². The number of aryl methyl sites for hydroxylation is 1. The molecule has 0 fully saturated rings. The largest absolute Gasteiger partial charge is 0.334 e. The average Bonchev–Trinajstić information content (AvgIpc) is 2.53. The summed E-state index contributed by atoms with van der Waals surface area (Å²) in [6.07, 6.45) is 2.42. The summed E-state index contributed by atoms with van der Waals surface area (Å²) in [5.74, 6) is 0. The summed E-state index contributed by atoms with van der Waals surface area (Å²) >= 11 is 0. The zero-order chi connectivity index (χ0) is 10.1. The number of aromatic nitrogens is 1. The van der Waals surface area contributed by atoms with Gasteiger partial charge in [-0.15, -0.1) is 0 Å². The van der Waals surface area contributed by atoms with Crippen LogP contribution in [0.25, 0.3) is 0 Å². The van der Waals surface area contributed by atoms with Gasteiger partial charge in [-0.3, -0.25) is 0 Å². The van der Waals surface area contributed by atoms with E-state index in [1.165, 1.54) is 29.9 Å². The number of hydrogen-bond donors (Lipinski definition) is 0. The number of likely N-dealkylation sites (N-methyl/N-ethyl adjacent to an activating group) is 1. The van der Waals surface area contributed by atoms with Gasteiger partial charge in [0.2, 0.25) is 0 Å². The lowest BCUT2D eigenvalue weighted by Gasteiger charge is -2.17. The van der Waals surface area contributed by atoms with E-state index in [0.29, 0.717) is 0 Å². The highest BCUT2D eigenvalue weighted by Crippen LogP contribution is 2.15. The first-order valence-corrected chi connectivity index (χ1v) is 5.47. The quantitative estimate of drug-likeness (QED) is 0.632. The first kappa shape index (κ1) is 9.50. The molecule has 0 unspecified atom stereocenters. The molecule has 1 aromatic rings. The molecule has 0 saturated heterocycles. The lowest BCUT2D eigenvalue weighted by molar-refractivity contribution is -0.502. The molecule has 0 spiro atoms. The summed E-state index contributed by atoms with van der Waals surface area (Å²) < 4.78 is 4.84. The van der Waals surface area contributed by atoms with Gasteiger partial charge in [0.25, 0.3) is 0 Å². The van der Waals surface area contributed by atoms with E-state index in [-0.39, 0.29) is 0 Å². The highest BCUT2D eigenvalue weighted by atomic mass is 15.1. The van der Waals surface area contributed by atoms with Gasteiger partial charge in [-0.25, -0.2) is 4.58 Å². The maximum atomic E-state index is 2.44. The number of fused-ring (bicyclic) bond motifs is 1. The molecule has 1 aliphatic rings. The molecular weight excluding hydrogens is 172 g/mol. The molecule has 0 amide bonds. The van der Waals surface area contributed by atoms with Crippen molar-refractivity contribution >= 4 is 5.71 Å². The van der Waals surface area contributed by atoms with Gasteiger partial charge >= 0.3 is 0 Å². The lowest BCUT2D eigenvalue weighted by Crippen LogP contribution is -2.31. The van der Waals surface area contributed by atoms with Crippen molar-refractivity contribution in [3.05, 3.63) is 23.5 Å². The molecule has 2 heterocycles. The van der Waals surface area contributed by atoms with Crippen molar-refractivity contribution in [2.45, 2.75) is 33.2 Å². The molecule has 1 aromatic heterocycles. The van der Waals surface area contributed by atoms with Gasteiger partial charge in [0.1, 0.15) is 12.7 Å². The predicted octanol–water partition coefficient (Wildman–Crippen LogP) is 2.04. The Labute approximate surface area is 85.9 Å². The molecule has 2 nitrogen and oxygen atoms in total. The number of rotatable bonds is 2. The van der Waals surface area contributed by atoms with Gasteiger partial charge in [-0.05, 0) is 25.5 Å². The second-order valence-corrected chi connectivity index (χ2v) is 4.13. The third-order valence-corrected chi connectivity index (χ3v) is 3.10. The van der Waals surface area contributed by atoms with Crippen LogP contribution in [0.4, 0.5) is 0 Å². The molecular formula is C12H19N2+. The Bertz CT molecular complexity index is 372. The molecule has 0 atom stereocenters. The predicted molar refractivity (Wildman–Crippen MR) is 59.2 cm³/mol. The van der Waals surface area contributed by atoms with Crippen LogP contribution >= 0.6 is 0 Å². The van der Waals surface area contributed by atoms with E-state index in [2.05, 4.69) is 42.2 Å². The fourth-order valence-electron chi connectivity index (χ4n) is 2.25. The smallest absolute Gasteiger partial charge is 0.199 e. The second-order valence-electron chi connectivity index (χ2n) is 4.13. The van der Waals surface area contributed by atoms with Crippen molar-refractivity contribution in [2.24, 2.45) is 0 Å². The fraction of sp³-hybridized carbons (Fsp3) is 0.583. The second kappa shape index (κ2) is 3.60. The van der Waals surface area contributed by atoms with Crippen LogP contribution in [-0.4, -0.2) is 28.4 Å². The number of nitrogens with zero attached hydrogens (tertiary/aromatic N) is 2. The molecule has 0 bridgehead atoms. The Kier molecular flexibility index (Phi) is 2.44. The summed E-state index contributed by atoms with van der Waals surface area (Å²) in [6.45, 7) is 6.73. The van der Waals surface area contributed by atoms with Crippen molar-refractivity contribution in [1.82, 2.24) is 4.57 Å². The maximum Gasteiger partial charge on any atom is 0.199 e. The van der Waals surface area contributed by atoms with Crippen LogP contribution < -0.4 is 0 Å². The summed E-state index contributed by atoms with van der Waals surface area (Å²) in [4.78, 5) is 0. The van der Waals surface area contributed by atoms with Gasteiger partial charge in [0, 0.05) is 12.1 Å². The summed E-state index contributed by atoms with van der Waals surface area (Å²) in [6, 6.07) is 4.49. The highest BCUT2D eigenvalue weighted by Gasteiger charge is 2.22. The monoisotopic (exact) mass is 191 g/mol. The standard InChI is InChI=1S/C12H19N2/c1-4-5-11-12-7-6-10(2)14(12)9-8-13(11)3/h6-7H,4-5,8-9H2,1-3H3/q+1. The van der Waals surface area contributed by atoms with Gasteiger partial charge in [-0.1, -0.05) is 6.92 Å². The minimum atomic E-state index is 1.14. The van der Waals surface area contributed by atoms with Crippen molar-refractivity contribution in [3.63, 3.8) is 0 Å². The van der Waals surface area contributed by atoms with Gasteiger partial charge in [-0.2, -0.15) is 0 Å². The molecule has 0 saturated carbocycles. The van der Waals surface area contributed by atoms with E-state index in [1.54, 1.807) is 0 Å². The van der Waals surface area contributed by atoms with E-state index in [9.17, 15) is 0 Å². The van der Waals surface area contributed by atoms with Crippen molar-refractivity contribution in [3.8, 4) is 0 Å². The third kappa shape index (κ3) is 1.39. The molecule has 2 heteroatoms. The van der Waals surface area contributed by atoms with E-state index in [4.69, 9.17) is 0 Å².